The molecule has 0 aromatic heterocycles. The summed E-state index contributed by atoms with van der Waals surface area (Å²) in [4.78, 5) is 4.87. The van der Waals surface area contributed by atoms with Crippen molar-refractivity contribution in [3.63, 3.8) is 0 Å². The lowest BCUT2D eigenvalue weighted by atomic mass is 9.88. The number of hydrogen-bond donors (Lipinski definition) is 0. The van der Waals surface area contributed by atoms with Crippen LogP contribution in [0.5, 0.6) is 0 Å². The van der Waals surface area contributed by atoms with Gasteiger partial charge in [-0.3, -0.25) is 4.99 Å². The Morgan fingerprint density at radius 1 is 1.06 bits per heavy atom. The molecule has 1 unspecified atom stereocenters. The molecule has 0 aliphatic carbocycles. The monoisotopic (exact) mass is 241 g/mol. The van der Waals surface area contributed by atoms with E-state index in [1.54, 1.807) is 0 Å². The fraction of sp³-hybridized carbons (Fsp3) is 0.933. The zero-order valence-corrected chi connectivity index (χ0v) is 12.8. The Morgan fingerprint density at radius 2 is 1.59 bits per heavy atom. The minimum absolute atomic E-state index is 0.146. The van der Waals surface area contributed by atoms with E-state index in [1.807, 2.05) is 0 Å². The number of nitrogens with zero attached hydrogens (tertiary/aromatic N) is 1. The van der Waals surface area contributed by atoms with Crippen LogP contribution in [0.2, 0.25) is 0 Å². The van der Waals surface area contributed by atoms with Gasteiger partial charge in [-0.2, -0.15) is 0 Å². The van der Waals surface area contributed by atoms with E-state index in [0.29, 0.717) is 6.04 Å². The van der Waals surface area contributed by atoms with Gasteiger partial charge in [0, 0.05) is 11.8 Å². The molecule has 0 aromatic carbocycles. The quantitative estimate of drug-likeness (QED) is 0.568. The Kier molecular flexibility index (Phi) is 7.69. The maximum absolute atomic E-state index is 6.20. The second-order valence-electron chi connectivity index (χ2n) is 5.05. The predicted molar refractivity (Wildman–Crippen MR) is 77.0 cm³/mol. The van der Waals surface area contributed by atoms with Crippen molar-refractivity contribution in [3.8, 4) is 0 Å². The van der Waals surface area contributed by atoms with Crippen molar-refractivity contribution in [3.05, 3.63) is 0 Å². The molecular formula is C15H31NO. The first-order valence-corrected chi connectivity index (χ1v) is 7.20. The molecule has 0 fully saturated rings. The standard InChI is InChI=1S/C15H31NO/c1-8-13(7)16-14(9-2)15(10-3,11-4)17-12(5)6/h12-13H,8-11H2,1-7H3. The van der Waals surface area contributed by atoms with Crippen LogP contribution < -0.4 is 0 Å². The summed E-state index contributed by atoms with van der Waals surface area (Å²) in [5, 5.41) is 0. The third-order valence-corrected chi connectivity index (χ3v) is 3.43. The molecule has 17 heavy (non-hydrogen) atoms. The van der Waals surface area contributed by atoms with Crippen molar-refractivity contribution in [2.24, 2.45) is 4.99 Å². The topological polar surface area (TPSA) is 21.6 Å². The highest BCUT2D eigenvalue weighted by Gasteiger charge is 2.33. The first-order valence-electron chi connectivity index (χ1n) is 7.20. The summed E-state index contributed by atoms with van der Waals surface area (Å²) < 4.78 is 6.20. The highest BCUT2D eigenvalue weighted by molar-refractivity contribution is 5.92. The first-order chi connectivity index (χ1) is 7.95. The molecule has 102 valence electrons. The van der Waals surface area contributed by atoms with E-state index in [9.17, 15) is 0 Å². The summed E-state index contributed by atoms with van der Waals surface area (Å²) in [5.74, 6) is 0. The van der Waals surface area contributed by atoms with Gasteiger partial charge in [0.1, 0.15) is 5.60 Å². The molecule has 0 N–H and O–H groups in total. The molecule has 0 bridgehead atoms. The third-order valence-electron chi connectivity index (χ3n) is 3.43. The van der Waals surface area contributed by atoms with E-state index in [-0.39, 0.29) is 11.7 Å². The van der Waals surface area contributed by atoms with E-state index in [1.165, 1.54) is 5.71 Å². The third kappa shape index (κ3) is 4.79. The van der Waals surface area contributed by atoms with Gasteiger partial charge in [-0.15, -0.1) is 0 Å². The van der Waals surface area contributed by atoms with Gasteiger partial charge in [0.15, 0.2) is 0 Å². The van der Waals surface area contributed by atoms with Gasteiger partial charge < -0.3 is 4.74 Å². The zero-order chi connectivity index (χ0) is 13.5. The Hall–Kier alpha value is -0.370. The van der Waals surface area contributed by atoms with Gasteiger partial charge in [-0.1, -0.05) is 27.7 Å². The van der Waals surface area contributed by atoms with Crippen LogP contribution in [0.25, 0.3) is 0 Å². The number of aliphatic imine (C=N–C) groups is 1. The summed E-state index contributed by atoms with van der Waals surface area (Å²) in [6.07, 6.45) is 4.34. The molecule has 0 aliphatic heterocycles. The lowest BCUT2D eigenvalue weighted by Crippen LogP contribution is -2.42. The molecule has 0 saturated heterocycles. The van der Waals surface area contributed by atoms with E-state index < -0.39 is 0 Å². The summed E-state index contributed by atoms with van der Waals surface area (Å²) in [5.41, 5.74) is 1.09. The van der Waals surface area contributed by atoms with Gasteiger partial charge in [-0.25, -0.2) is 0 Å². The molecule has 0 radical (unpaired) electrons. The van der Waals surface area contributed by atoms with Crippen molar-refractivity contribution in [2.45, 2.75) is 91.9 Å². The molecule has 1 atom stereocenters. The summed E-state index contributed by atoms with van der Waals surface area (Å²) in [6, 6.07) is 0.401. The first kappa shape index (κ1) is 16.6. The highest BCUT2D eigenvalue weighted by atomic mass is 16.5. The Balaban J connectivity index is 5.16. The molecule has 0 heterocycles. The van der Waals surface area contributed by atoms with Crippen LogP contribution in [0.1, 0.15) is 74.1 Å². The van der Waals surface area contributed by atoms with Gasteiger partial charge >= 0.3 is 0 Å². The van der Waals surface area contributed by atoms with E-state index in [4.69, 9.17) is 9.73 Å². The fourth-order valence-corrected chi connectivity index (χ4v) is 2.23. The van der Waals surface area contributed by atoms with E-state index in [0.717, 1.165) is 25.7 Å². The molecule has 0 aliphatic rings. The minimum atomic E-state index is -0.146. The smallest absolute Gasteiger partial charge is 0.105 e. The fourth-order valence-electron chi connectivity index (χ4n) is 2.23. The Bertz CT molecular complexity index is 229. The van der Waals surface area contributed by atoms with Crippen LogP contribution in [-0.2, 0) is 4.74 Å². The Morgan fingerprint density at radius 3 is 1.88 bits per heavy atom. The summed E-state index contributed by atoms with van der Waals surface area (Å²) in [6.45, 7) is 15.2. The zero-order valence-electron chi connectivity index (χ0n) is 12.8. The minimum Gasteiger partial charge on any atom is -0.366 e. The van der Waals surface area contributed by atoms with Gasteiger partial charge in [0.05, 0.1) is 6.10 Å². The van der Waals surface area contributed by atoms with Gasteiger partial charge in [-0.05, 0) is 46.5 Å². The van der Waals surface area contributed by atoms with Crippen molar-refractivity contribution in [1.29, 1.82) is 0 Å². The van der Waals surface area contributed by atoms with Crippen LogP contribution in [0.4, 0.5) is 0 Å². The van der Waals surface area contributed by atoms with E-state index in [2.05, 4.69) is 48.5 Å². The second-order valence-corrected chi connectivity index (χ2v) is 5.05. The molecule has 0 saturated carbocycles. The number of rotatable bonds is 8. The lowest BCUT2D eigenvalue weighted by Gasteiger charge is -2.35. The predicted octanol–water partition coefficient (Wildman–Crippen LogP) is 4.62. The summed E-state index contributed by atoms with van der Waals surface area (Å²) >= 11 is 0. The van der Waals surface area contributed by atoms with Gasteiger partial charge in [0.25, 0.3) is 0 Å². The lowest BCUT2D eigenvalue weighted by molar-refractivity contribution is -0.0390. The second kappa shape index (κ2) is 7.86. The van der Waals surface area contributed by atoms with Crippen LogP contribution >= 0.6 is 0 Å². The molecule has 0 amide bonds. The van der Waals surface area contributed by atoms with Crippen molar-refractivity contribution >= 4 is 5.71 Å². The van der Waals surface area contributed by atoms with Crippen molar-refractivity contribution < 1.29 is 4.74 Å². The average Bonchev–Trinajstić information content (AvgIpc) is 2.32. The number of ether oxygens (including phenoxy) is 1. The molecule has 2 heteroatoms. The average molecular weight is 241 g/mol. The van der Waals surface area contributed by atoms with Crippen LogP contribution in [-0.4, -0.2) is 23.5 Å². The SMILES string of the molecule is CCC(=NC(C)CC)C(CC)(CC)OC(C)C. The number of hydrogen-bond acceptors (Lipinski definition) is 2. The molecular weight excluding hydrogens is 210 g/mol. The van der Waals surface area contributed by atoms with Gasteiger partial charge in [0.2, 0.25) is 0 Å². The highest BCUT2D eigenvalue weighted by Crippen LogP contribution is 2.27. The van der Waals surface area contributed by atoms with Crippen molar-refractivity contribution in [1.82, 2.24) is 0 Å². The molecule has 0 spiro atoms. The van der Waals surface area contributed by atoms with Crippen LogP contribution in [0.3, 0.4) is 0 Å². The molecule has 0 rings (SSSR count). The summed E-state index contributed by atoms with van der Waals surface area (Å²) in [7, 11) is 0. The van der Waals surface area contributed by atoms with Crippen LogP contribution in [0, 0.1) is 0 Å². The van der Waals surface area contributed by atoms with Crippen LogP contribution in [0.15, 0.2) is 4.99 Å². The molecule has 2 nitrogen and oxygen atoms in total. The molecule has 0 aromatic rings. The normalized spacial score (nSPS) is 15.4. The van der Waals surface area contributed by atoms with Crippen molar-refractivity contribution in [2.75, 3.05) is 0 Å². The Labute approximate surface area is 108 Å². The maximum atomic E-state index is 6.20. The maximum Gasteiger partial charge on any atom is 0.105 e. The van der Waals surface area contributed by atoms with E-state index >= 15 is 0 Å². The largest absolute Gasteiger partial charge is 0.366 e.